The summed E-state index contributed by atoms with van der Waals surface area (Å²) in [7, 11) is 1.69. The fraction of sp³-hybridized carbons (Fsp3) is 0.250. The van der Waals surface area contributed by atoms with Crippen molar-refractivity contribution >= 4 is 5.69 Å². The molecule has 2 aromatic carbocycles. The average Bonchev–Trinajstić information content (AvgIpc) is 2.47. The molecule has 1 N–H and O–H groups in total. The van der Waals surface area contributed by atoms with Gasteiger partial charge in [-0.3, -0.25) is 0 Å². The van der Waals surface area contributed by atoms with Gasteiger partial charge in [0, 0.05) is 12.2 Å². The number of ether oxygens (including phenoxy) is 1. The first-order valence-corrected chi connectivity index (χ1v) is 6.38. The van der Waals surface area contributed by atoms with Crippen LogP contribution in [0.5, 0.6) is 5.75 Å². The van der Waals surface area contributed by atoms with E-state index in [2.05, 4.69) is 35.6 Å². The molecule has 0 amide bonds. The number of benzene rings is 2. The Morgan fingerprint density at radius 2 is 1.78 bits per heavy atom. The van der Waals surface area contributed by atoms with Crippen molar-refractivity contribution in [2.45, 2.75) is 12.8 Å². The third kappa shape index (κ3) is 2.06. The lowest BCUT2D eigenvalue weighted by atomic mass is 9.98. The van der Waals surface area contributed by atoms with E-state index in [4.69, 9.17) is 4.74 Å². The normalized spacial score (nSPS) is 13.6. The Labute approximate surface area is 108 Å². The van der Waals surface area contributed by atoms with E-state index in [1.807, 2.05) is 12.1 Å². The van der Waals surface area contributed by atoms with Gasteiger partial charge in [-0.2, -0.15) is 0 Å². The molecule has 0 saturated heterocycles. The molecular formula is C16H17NO. The molecule has 0 spiro atoms. The predicted molar refractivity (Wildman–Crippen MR) is 75.2 cm³/mol. The van der Waals surface area contributed by atoms with Crippen LogP contribution in [-0.4, -0.2) is 13.7 Å². The number of hydrogen-bond donors (Lipinski definition) is 1. The molecule has 1 aliphatic rings. The van der Waals surface area contributed by atoms with E-state index >= 15 is 0 Å². The third-order valence-electron chi connectivity index (χ3n) is 3.47. The molecule has 18 heavy (non-hydrogen) atoms. The van der Waals surface area contributed by atoms with Crippen molar-refractivity contribution in [3.63, 3.8) is 0 Å². The van der Waals surface area contributed by atoms with Crippen molar-refractivity contribution in [3.8, 4) is 16.9 Å². The number of anilines is 1. The largest absolute Gasteiger partial charge is 0.497 e. The van der Waals surface area contributed by atoms with Crippen molar-refractivity contribution in [1.29, 1.82) is 0 Å². The highest BCUT2D eigenvalue weighted by molar-refractivity contribution is 5.71. The molecule has 0 fully saturated rings. The molecule has 2 aromatic rings. The first-order valence-electron chi connectivity index (χ1n) is 6.38. The zero-order valence-electron chi connectivity index (χ0n) is 10.6. The lowest BCUT2D eigenvalue weighted by Gasteiger charge is -2.18. The highest BCUT2D eigenvalue weighted by Gasteiger charge is 2.09. The van der Waals surface area contributed by atoms with Crippen molar-refractivity contribution in [2.75, 3.05) is 19.0 Å². The molecule has 0 radical (unpaired) electrons. The highest BCUT2D eigenvalue weighted by atomic mass is 16.5. The number of hydrogen-bond acceptors (Lipinski definition) is 2. The standard InChI is InChI=1S/C16H17NO/c1-18-15-8-6-12(7-9-15)14-5-4-13-3-2-10-17-16(13)11-14/h4-9,11,17H,2-3,10H2,1H3. The summed E-state index contributed by atoms with van der Waals surface area (Å²) in [6.45, 7) is 1.08. The second kappa shape index (κ2) is 4.73. The van der Waals surface area contributed by atoms with Crippen LogP contribution in [0.4, 0.5) is 5.69 Å². The van der Waals surface area contributed by atoms with E-state index in [9.17, 15) is 0 Å². The first kappa shape index (κ1) is 11.1. The smallest absolute Gasteiger partial charge is 0.118 e. The molecule has 2 nitrogen and oxygen atoms in total. The van der Waals surface area contributed by atoms with E-state index in [-0.39, 0.29) is 0 Å². The Morgan fingerprint density at radius 1 is 1.00 bits per heavy atom. The fourth-order valence-corrected chi connectivity index (χ4v) is 2.42. The predicted octanol–water partition coefficient (Wildman–Crippen LogP) is 3.72. The second-order valence-electron chi connectivity index (χ2n) is 4.63. The fourth-order valence-electron chi connectivity index (χ4n) is 2.42. The summed E-state index contributed by atoms with van der Waals surface area (Å²) in [5.74, 6) is 0.898. The number of rotatable bonds is 2. The number of aryl methyl sites for hydroxylation is 1. The lowest BCUT2D eigenvalue weighted by molar-refractivity contribution is 0.415. The van der Waals surface area contributed by atoms with E-state index in [1.54, 1.807) is 7.11 Å². The summed E-state index contributed by atoms with van der Waals surface area (Å²) in [4.78, 5) is 0. The molecule has 0 bridgehead atoms. The summed E-state index contributed by atoms with van der Waals surface area (Å²) < 4.78 is 5.18. The van der Waals surface area contributed by atoms with Gasteiger partial charge in [0.15, 0.2) is 0 Å². The topological polar surface area (TPSA) is 21.3 Å². The van der Waals surface area contributed by atoms with E-state index < -0.39 is 0 Å². The van der Waals surface area contributed by atoms with Crippen molar-refractivity contribution in [2.24, 2.45) is 0 Å². The van der Waals surface area contributed by atoms with Gasteiger partial charge in [0.1, 0.15) is 5.75 Å². The molecule has 0 aliphatic carbocycles. The Hall–Kier alpha value is -1.96. The average molecular weight is 239 g/mol. The van der Waals surface area contributed by atoms with Crippen LogP contribution in [0.2, 0.25) is 0 Å². The zero-order chi connectivity index (χ0) is 12.4. The molecule has 2 heteroatoms. The third-order valence-corrected chi connectivity index (χ3v) is 3.47. The maximum atomic E-state index is 5.18. The maximum absolute atomic E-state index is 5.18. The lowest BCUT2D eigenvalue weighted by Crippen LogP contribution is -2.11. The van der Waals surface area contributed by atoms with E-state index in [0.29, 0.717) is 0 Å². The first-order chi connectivity index (χ1) is 8.86. The van der Waals surface area contributed by atoms with Gasteiger partial charge in [0.2, 0.25) is 0 Å². The van der Waals surface area contributed by atoms with E-state index in [0.717, 1.165) is 12.3 Å². The Bertz CT molecular complexity index is 546. The minimum Gasteiger partial charge on any atom is -0.497 e. The Kier molecular flexibility index (Phi) is 2.93. The monoisotopic (exact) mass is 239 g/mol. The van der Waals surface area contributed by atoms with Crippen LogP contribution in [0.25, 0.3) is 11.1 Å². The molecule has 0 atom stereocenters. The molecule has 0 saturated carbocycles. The molecule has 1 aliphatic heterocycles. The summed E-state index contributed by atoms with van der Waals surface area (Å²) >= 11 is 0. The van der Waals surface area contributed by atoms with Crippen LogP contribution < -0.4 is 10.1 Å². The van der Waals surface area contributed by atoms with Gasteiger partial charge in [-0.1, -0.05) is 24.3 Å². The molecule has 1 heterocycles. The van der Waals surface area contributed by atoms with Crippen LogP contribution in [0.15, 0.2) is 42.5 Å². The van der Waals surface area contributed by atoms with Gasteiger partial charge in [-0.25, -0.2) is 0 Å². The summed E-state index contributed by atoms with van der Waals surface area (Å²) in [6, 6.07) is 14.9. The van der Waals surface area contributed by atoms with Crippen LogP contribution in [0.3, 0.4) is 0 Å². The van der Waals surface area contributed by atoms with Gasteiger partial charge in [-0.05, 0) is 47.7 Å². The molecular weight excluding hydrogens is 222 g/mol. The summed E-state index contributed by atoms with van der Waals surface area (Å²) in [5.41, 5.74) is 5.20. The molecule has 0 aromatic heterocycles. The molecule has 0 unspecified atom stereocenters. The van der Waals surface area contributed by atoms with Gasteiger partial charge >= 0.3 is 0 Å². The van der Waals surface area contributed by atoms with Gasteiger partial charge in [0.05, 0.1) is 7.11 Å². The van der Waals surface area contributed by atoms with E-state index in [1.165, 1.54) is 35.2 Å². The molecule has 3 rings (SSSR count). The summed E-state index contributed by atoms with van der Waals surface area (Å²) in [6.07, 6.45) is 2.42. The zero-order valence-corrected chi connectivity index (χ0v) is 10.6. The van der Waals surface area contributed by atoms with Crippen molar-refractivity contribution < 1.29 is 4.74 Å². The van der Waals surface area contributed by atoms with Crippen LogP contribution in [0.1, 0.15) is 12.0 Å². The van der Waals surface area contributed by atoms with Crippen molar-refractivity contribution in [3.05, 3.63) is 48.0 Å². The van der Waals surface area contributed by atoms with Gasteiger partial charge in [0.25, 0.3) is 0 Å². The number of fused-ring (bicyclic) bond motifs is 1. The quantitative estimate of drug-likeness (QED) is 0.862. The summed E-state index contributed by atoms with van der Waals surface area (Å²) in [5, 5.41) is 3.47. The Balaban J connectivity index is 1.95. The minimum absolute atomic E-state index is 0.898. The second-order valence-corrected chi connectivity index (χ2v) is 4.63. The number of nitrogens with one attached hydrogen (secondary N) is 1. The SMILES string of the molecule is COc1ccc(-c2ccc3c(c2)NCCC3)cc1. The van der Waals surface area contributed by atoms with Gasteiger partial charge in [-0.15, -0.1) is 0 Å². The highest BCUT2D eigenvalue weighted by Crippen LogP contribution is 2.29. The minimum atomic E-state index is 0.898. The maximum Gasteiger partial charge on any atom is 0.118 e. The van der Waals surface area contributed by atoms with Crippen LogP contribution in [0, 0.1) is 0 Å². The molecule has 92 valence electrons. The van der Waals surface area contributed by atoms with Gasteiger partial charge < -0.3 is 10.1 Å². The van der Waals surface area contributed by atoms with Crippen molar-refractivity contribution in [1.82, 2.24) is 0 Å². The van der Waals surface area contributed by atoms with Crippen LogP contribution >= 0.6 is 0 Å². The van der Waals surface area contributed by atoms with Crippen LogP contribution in [-0.2, 0) is 6.42 Å². The Morgan fingerprint density at radius 3 is 2.56 bits per heavy atom. The number of methoxy groups -OCH3 is 1.